The van der Waals surface area contributed by atoms with Crippen molar-refractivity contribution < 1.29 is 36.3 Å². The van der Waals surface area contributed by atoms with Gasteiger partial charge in [-0.3, -0.25) is 4.79 Å². The molecule has 26 heavy (non-hydrogen) atoms. The largest absolute Gasteiger partial charge is 0.449 e. The third-order valence-corrected chi connectivity index (χ3v) is 3.49. The van der Waals surface area contributed by atoms with Gasteiger partial charge in [0.2, 0.25) is 0 Å². The van der Waals surface area contributed by atoms with E-state index >= 15 is 0 Å². The second kappa shape index (κ2) is 7.69. The molecule has 1 atom stereocenters. The average Bonchev–Trinajstić information content (AvgIpc) is 2.58. The Morgan fingerprint density at radius 3 is 2.27 bits per heavy atom. The summed E-state index contributed by atoms with van der Waals surface area (Å²) >= 11 is 5.61. The number of halogens is 6. The van der Waals surface area contributed by atoms with Crippen LogP contribution in [0.25, 0.3) is 0 Å². The molecule has 0 spiro atoms. The maximum atomic E-state index is 13.5. The number of hydrogen-bond donors (Lipinski definition) is 1. The smallest absolute Gasteiger partial charge is 0.340 e. The Kier molecular flexibility index (Phi) is 5.81. The predicted octanol–water partition coefficient (Wildman–Crippen LogP) is 4.22. The van der Waals surface area contributed by atoms with E-state index in [2.05, 4.69) is 0 Å². The van der Waals surface area contributed by atoms with Crippen molar-refractivity contribution in [1.82, 2.24) is 0 Å². The van der Waals surface area contributed by atoms with Crippen LogP contribution in [0.15, 0.2) is 24.3 Å². The molecule has 0 heterocycles. The summed E-state index contributed by atoms with van der Waals surface area (Å²) in [5, 5.41) is 1.45. The summed E-state index contributed by atoms with van der Waals surface area (Å²) in [5.41, 5.74) is -1.22. The minimum absolute atomic E-state index is 0.451. The van der Waals surface area contributed by atoms with Crippen molar-refractivity contribution in [3.8, 4) is 0 Å². The van der Waals surface area contributed by atoms with E-state index in [9.17, 15) is 31.5 Å². The third kappa shape index (κ3) is 4.10. The highest BCUT2D eigenvalue weighted by Crippen LogP contribution is 2.22. The number of benzene rings is 2. The zero-order valence-electron chi connectivity index (χ0n) is 12.9. The second-order valence-electron chi connectivity index (χ2n) is 5.01. The van der Waals surface area contributed by atoms with Crippen LogP contribution in [0.2, 0.25) is 5.02 Å². The van der Waals surface area contributed by atoms with E-state index in [0.29, 0.717) is 18.2 Å². The Morgan fingerprint density at radius 1 is 1.00 bits per heavy atom. The summed E-state index contributed by atoms with van der Waals surface area (Å²) in [4.78, 5) is 23.8. The molecule has 138 valence electrons. The van der Waals surface area contributed by atoms with Crippen molar-refractivity contribution in [2.24, 2.45) is 0 Å². The molecule has 0 radical (unpaired) electrons. The first-order valence-corrected chi connectivity index (χ1v) is 7.29. The summed E-state index contributed by atoms with van der Waals surface area (Å²) in [7, 11) is 0. The van der Waals surface area contributed by atoms with E-state index in [0.717, 1.165) is 13.0 Å². The van der Waals surface area contributed by atoms with E-state index in [1.54, 1.807) is 0 Å². The summed E-state index contributed by atoms with van der Waals surface area (Å²) < 4.78 is 70.4. The number of carbonyl (C=O) groups is 2. The molecular formula is C16H9ClF5NO3. The molecule has 0 saturated carbocycles. The van der Waals surface area contributed by atoms with Gasteiger partial charge >= 0.3 is 5.97 Å². The molecule has 2 aromatic carbocycles. The first-order valence-electron chi connectivity index (χ1n) is 6.91. The van der Waals surface area contributed by atoms with Crippen molar-refractivity contribution in [3.63, 3.8) is 0 Å². The van der Waals surface area contributed by atoms with Gasteiger partial charge in [0, 0.05) is 0 Å². The molecular weight excluding hydrogens is 385 g/mol. The van der Waals surface area contributed by atoms with Crippen LogP contribution in [-0.4, -0.2) is 18.0 Å². The molecule has 0 bridgehead atoms. The van der Waals surface area contributed by atoms with Crippen molar-refractivity contribution in [3.05, 3.63) is 63.9 Å². The molecule has 0 aliphatic rings. The van der Waals surface area contributed by atoms with E-state index in [4.69, 9.17) is 16.3 Å². The highest BCUT2D eigenvalue weighted by molar-refractivity contribution is 6.33. The van der Waals surface area contributed by atoms with E-state index in [1.165, 1.54) is 0 Å². The van der Waals surface area contributed by atoms with Crippen LogP contribution in [0.1, 0.15) is 17.3 Å². The van der Waals surface area contributed by atoms with Gasteiger partial charge in [-0.2, -0.15) is 0 Å². The summed E-state index contributed by atoms with van der Waals surface area (Å²) in [6, 6.07) is 2.40. The van der Waals surface area contributed by atoms with Gasteiger partial charge in [0.25, 0.3) is 5.91 Å². The van der Waals surface area contributed by atoms with Crippen LogP contribution in [0.4, 0.5) is 27.6 Å². The topological polar surface area (TPSA) is 55.4 Å². The fourth-order valence-electron chi connectivity index (χ4n) is 1.81. The van der Waals surface area contributed by atoms with Crippen LogP contribution in [0, 0.1) is 29.1 Å². The minimum Gasteiger partial charge on any atom is -0.449 e. The number of esters is 1. The first-order chi connectivity index (χ1) is 12.1. The van der Waals surface area contributed by atoms with Gasteiger partial charge in [0.1, 0.15) is 0 Å². The Labute approximate surface area is 148 Å². The molecule has 1 amide bonds. The zero-order chi connectivity index (χ0) is 19.6. The van der Waals surface area contributed by atoms with Crippen LogP contribution in [0.3, 0.4) is 0 Å². The van der Waals surface area contributed by atoms with E-state index < -0.39 is 63.3 Å². The first kappa shape index (κ1) is 19.6. The molecule has 0 fully saturated rings. The maximum absolute atomic E-state index is 13.5. The fourth-order valence-corrected chi connectivity index (χ4v) is 2.04. The summed E-state index contributed by atoms with van der Waals surface area (Å²) in [5.74, 6) is -9.85. The molecule has 10 heteroatoms. The molecule has 4 nitrogen and oxygen atoms in total. The molecule has 2 rings (SSSR count). The number of nitrogens with one attached hydrogen (secondary N) is 1. The number of anilines is 1. The van der Waals surface area contributed by atoms with E-state index in [-0.39, 0.29) is 0 Å². The summed E-state index contributed by atoms with van der Waals surface area (Å²) in [6.45, 7) is 1.08. The maximum Gasteiger partial charge on any atom is 0.340 e. The zero-order valence-corrected chi connectivity index (χ0v) is 13.6. The monoisotopic (exact) mass is 393 g/mol. The third-order valence-electron chi connectivity index (χ3n) is 3.18. The molecule has 0 saturated heterocycles. The molecule has 2 aromatic rings. The minimum atomic E-state index is -1.79. The quantitative estimate of drug-likeness (QED) is 0.366. The van der Waals surface area contributed by atoms with Crippen molar-refractivity contribution >= 4 is 29.2 Å². The van der Waals surface area contributed by atoms with Crippen molar-refractivity contribution in [2.45, 2.75) is 13.0 Å². The van der Waals surface area contributed by atoms with E-state index in [1.807, 2.05) is 5.32 Å². The Balaban J connectivity index is 2.11. The number of ether oxygens (including phenoxy) is 1. The lowest BCUT2D eigenvalue weighted by atomic mass is 10.2. The average molecular weight is 394 g/mol. The Morgan fingerprint density at radius 2 is 1.62 bits per heavy atom. The van der Waals surface area contributed by atoms with Gasteiger partial charge in [-0.25, -0.2) is 26.7 Å². The van der Waals surface area contributed by atoms with Crippen LogP contribution in [-0.2, 0) is 9.53 Å². The number of hydrogen-bond acceptors (Lipinski definition) is 3. The number of rotatable bonds is 4. The van der Waals surface area contributed by atoms with Crippen LogP contribution in [0.5, 0.6) is 0 Å². The van der Waals surface area contributed by atoms with Gasteiger partial charge in [0.15, 0.2) is 35.2 Å². The molecule has 0 aliphatic heterocycles. The van der Waals surface area contributed by atoms with Crippen molar-refractivity contribution in [1.29, 1.82) is 0 Å². The normalized spacial score (nSPS) is 11.8. The lowest BCUT2D eigenvalue weighted by Crippen LogP contribution is -2.30. The fraction of sp³-hybridized carbons (Fsp3) is 0.125. The predicted molar refractivity (Wildman–Crippen MR) is 81.2 cm³/mol. The van der Waals surface area contributed by atoms with Gasteiger partial charge in [0.05, 0.1) is 16.3 Å². The number of carbonyl (C=O) groups excluding carboxylic acids is 2. The Bertz CT molecular complexity index is 891. The lowest BCUT2D eigenvalue weighted by molar-refractivity contribution is -0.123. The van der Waals surface area contributed by atoms with Gasteiger partial charge in [-0.1, -0.05) is 11.6 Å². The standard InChI is InChI=1S/C16H9ClF5NO3/c1-6(15(24)23-12-3-2-9(18)13(21)14(12)22)26-16(25)7-4-10(19)11(20)5-8(7)17/h2-6H,1H3,(H,23,24)/t6-/m0/s1. The molecule has 0 aliphatic carbocycles. The SMILES string of the molecule is C[C@H](OC(=O)c1cc(F)c(F)cc1Cl)C(=O)Nc1ccc(F)c(F)c1F. The molecule has 1 N–H and O–H groups in total. The lowest BCUT2D eigenvalue weighted by Gasteiger charge is -2.14. The second-order valence-corrected chi connectivity index (χ2v) is 5.41. The van der Waals surface area contributed by atoms with Gasteiger partial charge in [-0.15, -0.1) is 0 Å². The molecule has 0 unspecified atom stereocenters. The Hall–Kier alpha value is -2.68. The van der Waals surface area contributed by atoms with Gasteiger partial charge < -0.3 is 10.1 Å². The van der Waals surface area contributed by atoms with Crippen molar-refractivity contribution in [2.75, 3.05) is 5.32 Å². The van der Waals surface area contributed by atoms with Crippen LogP contribution < -0.4 is 5.32 Å². The number of amides is 1. The van der Waals surface area contributed by atoms with Gasteiger partial charge in [-0.05, 0) is 31.2 Å². The highest BCUT2D eigenvalue weighted by atomic mass is 35.5. The van der Waals surface area contributed by atoms with Crippen LogP contribution >= 0.6 is 11.6 Å². The highest BCUT2D eigenvalue weighted by Gasteiger charge is 2.24. The molecule has 0 aromatic heterocycles. The summed E-state index contributed by atoms with van der Waals surface area (Å²) in [6.07, 6.45) is -1.54.